The van der Waals surface area contributed by atoms with Gasteiger partial charge in [0, 0.05) is 30.3 Å². The van der Waals surface area contributed by atoms with Crippen LogP contribution in [0.25, 0.3) is 0 Å². The summed E-state index contributed by atoms with van der Waals surface area (Å²) in [6, 6.07) is 8.29. The van der Waals surface area contributed by atoms with E-state index in [-0.39, 0.29) is 5.82 Å². The van der Waals surface area contributed by atoms with Gasteiger partial charge in [0.05, 0.1) is 6.54 Å². The summed E-state index contributed by atoms with van der Waals surface area (Å²) in [4.78, 5) is 0. The molecule has 0 aliphatic carbocycles. The van der Waals surface area contributed by atoms with Gasteiger partial charge in [-0.1, -0.05) is 18.2 Å². The minimum Gasteiger partial charge on any atom is -0.266 e. The van der Waals surface area contributed by atoms with Gasteiger partial charge in [0.2, 0.25) is 0 Å². The summed E-state index contributed by atoms with van der Waals surface area (Å²) in [5.41, 5.74) is 0.594. The number of hydrogen-bond acceptors (Lipinski definition) is 3. The Morgan fingerprint density at radius 1 is 1.33 bits per heavy atom. The first-order valence-electron chi connectivity index (χ1n) is 4.40. The van der Waals surface area contributed by atoms with Crippen molar-refractivity contribution in [1.29, 1.82) is 0 Å². The smallest absolute Gasteiger partial charge is 0.187 e. The number of rotatable bonds is 3. The highest BCUT2D eigenvalue weighted by atomic mass is 32.1. The molecule has 0 aliphatic rings. The van der Waals surface area contributed by atoms with Gasteiger partial charge in [-0.3, -0.25) is 4.68 Å². The summed E-state index contributed by atoms with van der Waals surface area (Å²) in [6.07, 6.45) is 1.72. The number of halogens is 1. The highest BCUT2D eigenvalue weighted by Gasteiger charge is 2.02. The third kappa shape index (κ3) is 2.24. The molecule has 0 radical (unpaired) electrons. The highest BCUT2D eigenvalue weighted by Crippen LogP contribution is 2.10. The van der Waals surface area contributed by atoms with Crippen molar-refractivity contribution in [3.63, 3.8) is 0 Å². The highest BCUT2D eigenvalue weighted by molar-refractivity contribution is 7.47. The maximum atomic E-state index is 13.3. The molecule has 0 bridgehead atoms. The monoisotopic (exact) mass is 221 g/mol. The third-order valence-electron chi connectivity index (χ3n) is 2.01. The van der Waals surface area contributed by atoms with Crippen molar-refractivity contribution in [3.05, 3.63) is 47.9 Å². The predicted octanol–water partition coefficient (Wildman–Crippen LogP) is 2.43. The maximum absolute atomic E-state index is 13.3. The van der Waals surface area contributed by atoms with E-state index in [0.717, 1.165) is 0 Å². The predicted molar refractivity (Wildman–Crippen MR) is 57.2 cm³/mol. The van der Waals surface area contributed by atoms with Crippen LogP contribution >= 0.6 is 0 Å². The fraction of sp³-hybridized carbons (Fsp3) is 0.100. The first-order valence-corrected chi connectivity index (χ1v) is 4.76. The summed E-state index contributed by atoms with van der Waals surface area (Å²) in [5.74, 6) is 0.242. The molecule has 0 saturated carbocycles. The molecule has 0 amide bonds. The zero-order chi connectivity index (χ0) is 10.7. The fourth-order valence-corrected chi connectivity index (χ4v) is 1.39. The van der Waals surface area contributed by atoms with Crippen LogP contribution in [0, 0.1) is 5.82 Å². The molecule has 1 heterocycles. The minimum absolute atomic E-state index is 0.232. The van der Waals surface area contributed by atoms with Gasteiger partial charge in [-0.25, -0.2) is 4.39 Å². The van der Waals surface area contributed by atoms with Crippen molar-refractivity contribution in [2.75, 3.05) is 0 Å². The Morgan fingerprint density at radius 2 is 2.13 bits per heavy atom. The number of hydrogen-bond donors (Lipinski definition) is 0. The lowest BCUT2D eigenvalue weighted by atomic mass is 10.2. The summed E-state index contributed by atoms with van der Waals surface area (Å²) >= 11 is 4.50. The molecule has 0 saturated heterocycles. The average molecular weight is 221 g/mol. The van der Waals surface area contributed by atoms with Gasteiger partial charge >= 0.3 is 0 Å². The van der Waals surface area contributed by atoms with Crippen LogP contribution in [0.2, 0.25) is 0 Å². The quantitative estimate of drug-likeness (QED) is 0.796. The summed E-state index contributed by atoms with van der Waals surface area (Å²) in [7, 11) is 0. The van der Waals surface area contributed by atoms with E-state index in [1.807, 2.05) is 0 Å². The lowest BCUT2D eigenvalue weighted by Gasteiger charge is -2.02. The van der Waals surface area contributed by atoms with Gasteiger partial charge in [-0.2, -0.15) is 9.46 Å². The average Bonchev–Trinajstić information content (AvgIpc) is 2.69. The van der Waals surface area contributed by atoms with Gasteiger partial charge < -0.3 is 0 Å². The Labute approximate surface area is 91.7 Å². The fourth-order valence-electron chi connectivity index (χ4n) is 1.29. The maximum Gasteiger partial charge on any atom is 0.187 e. The normalized spacial score (nSPS) is 10.2. The lowest BCUT2D eigenvalue weighted by molar-refractivity contribution is 0.585. The molecule has 0 spiro atoms. The van der Waals surface area contributed by atoms with E-state index in [9.17, 15) is 4.39 Å². The van der Waals surface area contributed by atoms with E-state index >= 15 is 0 Å². The van der Waals surface area contributed by atoms with Crippen LogP contribution in [0.3, 0.4) is 0 Å². The molecular formula is C10H8FN3S. The summed E-state index contributed by atoms with van der Waals surface area (Å²) in [5, 5.41) is 4.04. The van der Waals surface area contributed by atoms with Crippen LogP contribution in [0.1, 0.15) is 5.56 Å². The number of aromatic nitrogens is 2. The Hall–Kier alpha value is -1.62. The van der Waals surface area contributed by atoms with Crippen molar-refractivity contribution in [2.24, 2.45) is 4.36 Å². The Balaban J connectivity index is 2.22. The topological polar surface area (TPSA) is 30.2 Å². The molecule has 2 aromatic rings. The van der Waals surface area contributed by atoms with Crippen molar-refractivity contribution < 1.29 is 4.39 Å². The third-order valence-corrected chi connectivity index (χ3v) is 2.20. The van der Waals surface area contributed by atoms with Crippen LogP contribution < -0.4 is 0 Å². The second-order valence-corrected chi connectivity index (χ2v) is 3.24. The van der Waals surface area contributed by atoms with E-state index in [0.29, 0.717) is 17.9 Å². The lowest BCUT2D eigenvalue weighted by Crippen LogP contribution is -2.01. The van der Waals surface area contributed by atoms with Gasteiger partial charge in [0.1, 0.15) is 5.82 Å². The molecule has 0 unspecified atom stereocenters. The second kappa shape index (κ2) is 4.27. The van der Waals surface area contributed by atoms with Crippen molar-refractivity contribution in [1.82, 2.24) is 9.78 Å². The molecular weight excluding hydrogens is 213 g/mol. The Kier molecular flexibility index (Phi) is 2.82. The van der Waals surface area contributed by atoms with Crippen LogP contribution in [0.15, 0.2) is 40.9 Å². The Morgan fingerprint density at radius 3 is 2.80 bits per heavy atom. The van der Waals surface area contributed by atoms with Crippen molar-refractivity contribution >= 4 is 18.2 Å². The SMILES string of the molecule is Fc1ccccc1Cn1ccc(N=S)n1. The van der Waals surface area contributed by atoms with Crippen molar-refractivity contribution in [2.45, 2.75) is 6.54 Å². The van der Waals surface area contributed by atoms with E-state index in [1.165, 1.54) is 6.07 Å². The van der Waals surface area contributed by atoms with Crippen LogP contribution in [-0.4, -0.2) is 9.78 Å². The minimum atomic E-state index is -0.232. The summed E-state index contributed by atoms with van der Waals surface area (Å²) < 4.78 is 18.4. The number of nitrogens with zero attached hydrogens (tertiary/aromatic N) is 3. The van der Waals surface area contributed by atoms with E-state index < -0.39 is 0 Å². The van der Waals surface area contributed by atoms with E-state index in [2.05, 4.69) is 21.9 Å². The zero-order valence-electron chi connectivity index (χ0n) is 7.80. The molecule has 0 fully saturated rings. The van der Waals surface area contributed by atoms with Crippen molar-refractivity contribution in [3.8, 4) is 0 Å². The molecule has 1 aromatic carbocycles. The van der Waals surface area contributed by atoms with Gasteiger partial charge in [0.25, 0.3) is 0 Å². The molecule has 3 nitrogen and oxygen atoms in total. The molecule has 76 valence electrons. The largest absolute Gasteiger partial charge is 0.266 e. The summed E-state index contributed by atoms with van der Waals surface area (Å²) in [6.45, 7) is 0.386. The molecule has 0 aliphatic heterocycles. The standard InChI is InChI=1S/C10H8FN3S/c11-9-4-2-1-3-8(9)7-14-6-5-10(12-14)13-15/h1-6H,7H2. The molecule has 5 heteroatoms. The van der Waals surface area contributed by atoms with E-state index in [4.69, 9.17) is 0 Å². The van der Waals surface area contributed by atoms with Crippen LogP contribution in [0.4, 0.5) is 10.2 Å². The molecule has 2 rings (SSSR count). The molecule has 15 heavy (non-hydrogen) atoms. The first kappa shape index (κ1) is 9.92. The molecule has 0 atom stereocenters. The van der Waals surface area contributed by atoms with Crippen LogP contribution in [-0.2, 0) is 19.0 Å². The van der Waals surface area contributed by atoms with E-state index in [1.54, 1.807) is 35.1 Å². The molecule has 1 aromatic heterocycles. The second-order valence-electron chi connectivity index (χ2n) is 3.05. The zero-order valence-corrected chi connectivity index (χ0v) is 8.62. The number of benzene rings is 1. The first-order chi connectivity index (χ1) is 7.29. The van der Waals surface area contributed by atoms with Gasteiger partial charge in [-0.15, -0.1) is 0 Å². The molecule has 0 N–H and O–H groups in total. The Bertz CT molecular complexity index is 481. The van der Waals surface area contributed by atoms with Gasteiger partial charge in [-0.05, 0) is 6.07 Å². The van der Waals surface area contributed by atoms with Gasteiger partial charge in [0.15, 0.2) is 5.82 Å². The van der Waals surface area contributed by atoms with Crippen LogP contribution in [0.5, 0.6) is 0 Å².